The first-order valence-electron chi connectivity index (χ1n) is 6.73. The molecule has 2 atom stereocenters. The number of hydrogen-bond donors (Lipinski definition) is 2. The molecular weight excluding hydrogens is 252 g/mol. The van der Waals surface area contributed by atoms with E-state index in [2.05, 4.69) is 10.0 Å². The van der Waals surface area contributed by atoms with Gasteiger partial charge in [0.1, 0.15) is 0 Å². The standard InChI is InChI=1S/C12H26N2O3S/c1-10(2)13-6-4-8-18(15,16)14-9-12-5-7-17-11(12)3/h10-14H,4-9H2,1-3H3. The van der Waals surface area contributed by atoms with Gasteiger partial charge in [-0.1, -0.05) is 13.8 Å². The lowest BCUT2D eigenvalue weighted by atomic mass is 10.0. The molecule has 6 heteroatoms. The minimum absolute atomic E-state index is 0.162. The van der Waals surface area contributed by atoms with Crippen LogP contribution in [0.25, 0.3) is 0 Å². The predicted molar refractivity (Wildman–Crippen MR) is 73.1 cm³/mol. The van der Waals surface area contributed by atoms with Gasteiger partial charge in [-0.25, -0.2) is 13.1 Å². The van der Waals surface area contributed by atoms with Crippen LogP contribution in [-0.2, 0) is 14.8 Å². The van der Waals surface area contributed by atoms with E-state index in [1.807, 2.05) is 20.8 Å². The number of rotatable bonds is 8. The van der Waals surface area contributed by atoms with Crippen LogP contribution in [0.3, 0.4) is 0 Å². The molecule has 1 fully saturated rings. The summed E-state index contributed by atoms with van der Waals surface area (Å²) in [4.78, 5) is 0. The lowest BCUT2D eigenvalue weighted by Gasteiger charge is -2.15. The van der Waals surface area contributed by atoms with Gasteiger partial charge < -0.3 is 10.1 Å². The summed E-state index contributed by atoms with van der Waals surface area (Å²) < 4.78 is 31.6. The third-order valence-corrected chi connectivity index (χ3v) is 4.67. The molecule has 1 rings (SSSR count). The maximum atomic E-state index is 11.8. The zero-order valence-electron chi connectivity index (χ0n) is 11.6. The highest BCUT2D eigenvalue weighted by molar-refractivity contribution is 7.89. The number of sulfonamides is 1. The molecule has 5 nitrogen and oxygen atoms in total. The summed E-state index contributed by atoms with van der Waals surface area (Å²) in [5.41, 5.74) is 0. The Morgan fingerprint density at radius 3 is 2.67 bits per heavy atom. The van der Waals surface area contributed by atoms with Crippen LogP contribution in [0, 0.1) is 5.92 Å². The highest BCUT2D eigenvalue weighted by Gasteiger charge is 2.25. The highest BCUT2D eigenvalue weighted by Crippen LogP contribution is 2.19. The van der Waals surface area contributed by atoms with E-state index < -0.39 is 10.0 Å². The fourth-order valence-electron chi connectivity index (χ4n) is 2.00. The van der Waals surface area contributed by atoms with E-state index in [-0.39, 0.29) is 11.9 Å². The van der Waals surface area contributed by atoms with Crippen molar-refractivity contribution in [1.82, 2.24) is 10.0 Å². The average Bonchev–Trinajstić information content (AvgIpc) is 2.68. The Balaban J connectivity index is 2.19. The van der Waals surface area contributed by atoms with E-state index in [1.165, 1.54) is 0 Å². The van der Waals surface area contributed by atoms with E-state index in [0.29, 0.717) is 24.9 Å². The second-order valence-corrected chi connectivity index (χ2v) is 7.18. The van der Waals surface area contributed by atoms with Gasteiger partial charge in [0.25, 0.3) is 0 Å². The van der Waals surface area contributed by atoms with Crippen molar-refractivity contribution in [2.75, 3.05) is 25.4 Å². The van der Waals surface area contributed by atoms with Crippen molar-refractivity contribution in [2.24, 2.45) is 5.92 Å². The fourth-order valence-corrected chi connectivity index (χ4v) is 3.14. The van der Waals surface area contributed by atoms with Crippen LogP contribution in [0.4, 0.5) is 0 Å². The average molecular weight is 278 g/mol. The van der Waals surface area contributed by atoms with Crippen LogP contribution in [0.2, 0.25) is 0 Å². The molecule has 0 saturated carbocycles. The summed E-state index contributed by atoms with van der Waals surface area (Å²) in [5, 5.41) is 3.21. The van der Waals surface area contributed by atoms with Crippen LogP contribution in [0.5, 0.6) is 0 Å². The summed E-state index contributed by atoms with van der Waals surface area (Å²) in [6.07, 6.45) is 1.75. The molecule has 18 heavy (non-hydrogen) atoms. The first kappa shape index (κ1) is 15.9. The predicted octanol–water partition coefficient (Wildman–Crippen LogP) is 0.719. The molecule has 0 spiro atoms. The Morgan fingerprint density at radius 1 is 1.39 bits per heavy atom. The van der Waals surface area contributed by atoms with E-state index in [9.17, 15) is 8.42 Å². The number of hydrogen-bond acceptors (Lipinski definition) is 4. The van der Waals surface area contributed by atoms with Gasteiger partial charge in [-0.15, -0.1) is 0 Å². The topological polar surface area (TPSA) is 67.4 Å². The van der Waals surface area contributed by atoms with Gasteiger partial charge in [0.05, 0.1) is 11.9 Å². The van der Waals surface area contributed by atoms with Crippen molar-refractivity contribution in [2.45, 2.75) is 45.8 Å². The zero-order chi connectivity index (χ0) is 13.6. The Labute approximate surface area is 111 Å². The minimum Gasteiger partial charge on any atom is -0.378 e. The van der Waals surface area contributed by atoms with E-state index in [1.54, 1.807) is 0 Å². The van der Waals surface area contributed by atoms with Crippen LogP contribution in [0.1, 0.15) is 33.6 Å². The van der Waals surface area contributed by atoms with Gasteiger partial charge in [0, 0.05) is 25.1 Å². The van der Waals surface area contributed by atoms with Crippen LogP contribution < -0.4 is 10.0 Å². The Bertz CT molecular complexity index is 330. The molecule has 2 N–H and O–H groups in total. The van der Waals surface area contributed by atoms with E-state index in [0.717, 1.165) is 19.6 Å². The largest absolute Gasteiger partial charge is 0.378 e. The molecule has 0 amide bonds. The van der Waals surface area contributed by atoms with E-state index >= 15 is 0 Å². The second kappa shape index (κ2) is 7.43. The second-order valence-electron chi connectivity index (χ2n) is 5.25. The first-order valence-corrected chi connectivity index (χ1v) is 8.38. The van der Waals surface area contributed by atoms with Gasteiger partial charge in [-0.3, -0.25) is 0 Å². The summed E-state index contributed by atoms with van der Waals surface area (Å²) in [7, 11) is -3.14. The molecule has 1 saturated heterocycles. The molecule has 1 aliphatic heterocycles. The van der Waals surface area contributed by atoms with Gasteiger partial charge in [-0.2, -0.15) is 0 Å². The fraction of sp³-hybridized carbons (Fsp3) is 1.00. The molecule has 0 aromatic carbocycles. The Hall–Kier alpha value is -0.170. The number of ether oxygens (including phenoxy) is 1. The molecule has 1 heterocycles. The van der Waals surface area contributed by atoms with Crippen LogP contribution >= 0.6 is 0 Å². The molecule has 1 aliphatic rings. The van der Waals surface area contributed by atoms with Gasteiger partial charge >= 0.3 is 0 Å². The Kier molecular flexibility index (Phi) is 6.55. The molecule has 108 valence electrons. The molecular formula is C12H26N2O3S. The van der Waals surface area contributed by atoms with Gasteiger partial charge in [-0.05, 0) is 26.3 Å². The van der Waals surface area contributed by atoms with Crippen molar-refractivity contribution >= 4 is 10.0 Å². The first-order chi connectivity index (χ1) is 8.41. The third-order valence-electron chi connectivity index (χ3n) is 3.24. The van der Waals surface area contributed by atoms with Crippen molar-refractivity contribution in [3.63, 3.8) is 0 Å². The quantitative estimate of drug-likeness (QED) is 0.642. The summed E-state index contributed by atoms with van der Waals surface area (Å²) >= 11 is 0. The maximum absolute atomic E-state index is 11.8. The van der Waals surface area contributed by atoms with Gasteiger partial charge in [0.15, 0.2) is 0 Å². The lowest BCUT2D eigenvalue weighted by molar-refractivity contribution is 0.107. The lowest BCUT2D eigenvalue weighted by Crippen LogP contribution is -2.34. The molecule has 0 aromatic heterocycles. The molecule has 0 aliphatic carbocycles. The summed E-state index contributed by atoms with van der Waals surface area (Å²) in [6.45, 7) is 8.08. The Morgan fingerprint density at radius 2 is 2.11 bits per heavy atom. The highest BCUT2D eigenvalue weighted by atomic mass is 32.2. The molecule has 0 aromatic rings. The maximum Gasteiger partial charge on any atom is 0.211 e. The van der Waals surface area contributed by atoms with Crippen molar-refractivity contribution in [3.05, 3.63) is 0 Å². The third kappa shape index (κ3) is 6.13. The van der Waals surface area contributed by atoms with Gasteiger partial charge in [0.2, 0.25) is 10.0 Å². The van der Waals surface area contributed by atoms with Crippen molar-refractivity contribution < 1.29 is 13.2 Å². The van der Waals surface area contributed by atoms with E-state index in [4.69, 9.17) is 4.74 Å². The summed E-state index contributed by atoms with van der Waals surface area (Å²) in [6, 6.07) is 0.400. The smallest absolute Gasteiger partial charge is 0.211 e. The van der Waals surface area contributed by atoms with Crippen molar-refractivity contribution in [3.8, 4) is 0 Å². The molecule has 0 radical (unpaired) electrons. The summed E-state index contributed by atoms with van der Waals surface area (Å²) in [5.74, 6) is 0.503. The molecule has 2 unspecified atom stereocenters. The van der Waals surface area contributed by atoms with Crippen LogP contribution in [0.15, 0.2) is 0 Å². The molecule has 0 bridgehead atoms. The van der Waals surface area contributed by atoms with Crippen molar-refractivity contribution in [1.29, 1.82) is 0 Å². The minimum atomic E-state index is -3.14. The SMILES string of the molecule is CC(C)NCCCS(=O)(=O)NCC1CCOC1C. The number of nitrogens with one attached hydrogen (secondary N) is 2. The van der Waals surface area contributed by atoms with Crippen LogP contribution in [-0.4, -0.2) is 46.0 Å². The monoisotopic (exact) mass is 278 g/mol. The normalized spacial score (nSPS) is 24.9. The zero-order valence-corrected chi connectivity index (χ0v) is 12.4.